The van der Waals surface area contributed by atoms with Crippen LogP contribution in [-0.4, -0.2) is 12.6 Å². The van der Waals surface area contributed by atoms with Gasteiger partial charge in [0.25, 0.3) is 0 Å². The average Bonchev–Trinajstić information content (AvgIpc) is 2.49. The van der Waals surface area contributed by atoms with Crippen molar-refractivity contribution >= 4 is 5.97 Å². The van der Waals surface area contributed by atoms with E-state index in [4.69, 9.17) is 4.74 Å². The predicted octanol–water partition coefficient (Wildman–Crippen LogP) is 5.15. The Labute approximate surface area is 122 Å². The average molecular weight is 274 g/mol. The van der Waals surface area contributed by atoms with E-state index in [2.05, 4.69) is 13.0 Å². The highest BCUT2D eigenvalue weighted by atomic mass is 16.5. The number of hydrogen-bond acceptors (Lipinski definition) is 2. The molecule has 0 N–H and O–H groups in total. The summed E-state index contributed by atoms with van der Waals surface area (Å²) in [6.45, 7) is 4.64. The van der Waals surface area contributed by atoms with E-state index in [0.717, 1.165) is 12.0 Å². The van der Waals surface area contributed by atoms with Gasteiger partial charge in [-0.3, -0.25) is 0 Å². The number of hydrogen-bond donors (Lipinski definition) is 0. The molecule has 1 aromatic rings. The van der Waals surface area contributed by atoms with E-state index in [-0.39, 0.29) is 5.97 Å². The van der Waals surface area contributed by atoms with Gasteiger partial charge in [-0.2, -0.15) is 0 Å². The lowest BCUT2D eigenvalue weighted by atomic mass is 10.1. The number of carbonyl (C=O) groups excluding carboxylic acids is 1. The normalized spacial score (nSPS) is 11.4. The van der Waals surface area contributed by atoms with E-state index in [1.54, 1.807) is 12.1 Å². The van der Waals surface area contributed by atoms with Gasteiger partial charge >= 0.3 is 5.97 Å². The molecule has 0 unspecified atom stereocenters. The Bertz CT molecular complexity index is 407. The number of esters is 1. The quantitative estimate of drug-likeness (QED) is 0.353. The monoisotopic (exact) mass is 274 g/mol. The van der Waals surface area contributed by atoms with Gasteiger partial charge in [-0.05, 0) is 37.5 Å². The first-order chi connectivity index (χ1) is 9.74. The maximum Gasteiger partial charge on any atom is 0.338 e. The summed E-state index contributed by atoms with van der Waals surface area (Å²) < 4.78 is 5.28. The van der Waals surface area contributed by atoms with Crippen LogP contribution in [-0.2, 0) is 4.74 Å². The fourth-order valence-corrected chi connectivity index (χ4v) is 1.99. The van der Waals surface area contributed by atoms with Crippen molar-refractivity contribution in [3.8, 4) is 0 Å². The topological polar surface area (TPSA) is 26.3 Å². The lowest BCUT2D eigenvalue weighted by Crippen LogP contribution is -2.06. The molecular formula is C18H26O2. The van der Waals surface area contributed by atoms with Gasteiger partial charge < -0.3 is 4.74 Å². The minimum Gasteiger partial charge on any atom is -0.458 e. The molecule has 2 heteroatoms. The zero-order chi connectivity index (χ0) is 14.6. The van der Waals surface area contributed by atoms with Crippen LogP contribution in [0.5, 0.6) is 0 Å². The third-order valence-electron chi connectivity index (χ3n) is 3.24. The third kappa shape index (κ3) is 7.13. The highest BCUT2D eigenvalue weighted by Crippen LogP contribution is 2.08. The minimum absolute atomic E-state index is 0.249. The summed E-state index contributed by atoms with van der Waals surface area (Å²) in [5, 5.41) is 0. The van der Waals surface area contributed by atoms with Crippen LogP contribution in [0, 0.1) is 0 Å². The first-order valence-corrected chi connectivity index (χ1v) is 7.62. The van der Waals surface area contributed by atoms with Crippen molar-refractivity contribution in [2.24, 2.45) is 0 Å². The highest BCUT2D eigenvalue weighted by Gasteiger charge is 2.05. The molecule has 0 bridgehead atoms. The molecule has 1 rings (SSSR count). The smallest absolute Gasteiger partial charge is 0.338 e. The van der Waals surface area contributed by atoms with E-state index in [0.29, 0.717) is 12.2 Å². The molecule has 0 atom stereocenters. The molecule has 0 spiro atoms. The fourth-order valence-electron chi connectivity index (χ4n) is 1.99. The highest BCUT2D eigenvalue weighted by molar-refractivity contribution is 5.89. The van der Waals surface area contributed by atoms with E-state index < -0.39 is 0 Å². The van der Waals surface area contributed by atoms with E-state index in [1.807, 2.05) is 25.1 Å². The molecular weight excluding hydrogens is 248 g/mol. The summed E-state index contributed by atoms with van der Waals surface area (Å²) in [7, 11) is 0. The Hall–Kier alpha value is -1.57. The van der Waals surface area contributed by atoms with E-state index in [9.17, 15) is 4.79 Å². The molecule has 1 aromatic carbocycles. The number of carbonyl (C=O) groups is 1. The van der Waals surface area contributed by atoms with Gasteiger partial charge in [0.1, 0.15) is 6.61 Å². The van der Waals surface area contributed by atoms with Crippen LogP contribution < -0.4 is 0 Å². The number of ether oxygens (including phenoxy) is 1. The summed E-state index contributed by atoms with van der Waals surface area (Å²) in [5.74, 6) is -0.249. The lowest BCUT2D eigenvalue weighted by molar-refractivity contribution is 0.0540. The molecule has 0 heterocycles. The van der Waals surface area contributed by atoms with Gasteiger partial charge in [-0.25, -0.2) is 4.79 Å². The number of allylic oxidation sites excluding steroid dienone is 1. The maximum absolute atomic E-state index is 11.7. The zero-order valence-corrected chi connectivity index (χ0v) is 12.7. The van der Waals surface area contributed by atoms with Crippen LogP contribution in [0.25, 0.3) is 0 Å². The number of unbranched alkanes of at least 4 members (excludes halogenated alkanes) is 5. The molecule has 0 aliphatic rings. The largest absolute Gasteiger partial charge is 0.458 e. The Morgan fingerprint density at radius 3 is 2.50 bits per heavy atom. The Morgan fingerprint density at radius 2 is 1.80 bits per heavy atom. The van der Waals surface area contributed by atoms with Crippen LogP contribution in [0.15, 0.2) is 42.0 Å². The Balaban J connectivity index is 2.19. The van der Waals surface area contributed by atoms with Crippen molar-refractivity contribution in [3.63, 3.8) is 0 Å². The maximum atomic E-state index is 11.7. The summed E-state index contributed by atoms with van der Waals surface area (Å²) in [6.07, 6.45) is 9.72. The lowest BCUT2D eigenvalue weighted by Gasteiger charge is -2.05. The van der Waals surface area contributed by atoms with Crippen LogP contribution in [0.2, 0.25) is 0 Å². The van der Waals surface area contributed by atoms with Gasteiger partial charge in [0.15, 0.2) is 0 Å². The number of benzene rings is 1. The molecule has 0 amide bonds. The predicted molar refractivity (Wildman–Crippen MR) is 83.9 cm³/mol. The van der Waals surface area contributed by atoms with Crippen LogP contribution in [0.3, 0.4) is 0 Å². The summed E-state index contributed by atoms with van der Waals surface area (Å²) in [6, 6.07) is 9.12. The summed E-state index contributed by atoms with van der Waals surface area (Å²) >= 11 is 0. The second-order valence-electron chi connectivity index (χ2n) is 5.20. The van der Waals surface area contributed by atoms with Crippen LogP contribution in [0.4, 0.5) is 0 Å². The van der Waals surface area contributed by atoms with Gasteiger partial charge in [-0.1, -0.05) is 56.9 Å². The third-order valence-corrected chi connectivity index (χ3v) is 3.24. The fraction of sp³-hybridized carbons (Fsp3) is 0.500. The first kappa shape index (κ1) is 16.5. The van der Waals surface area contributed by atoms with Gasteiger partial charge in [0.2, 0.25) is 0 Å². The second-order valence-corrected chi connectivity index (χ2v) is 5.20. The van der Waals surface area contributed by atoms with Crippen molar-refractivity contribution in [2.75, 3.05) is 6.61 Å². The summed E-state index contributed by atoms with van der Waals surface area (Å²) in [4.78, 5) is 11.7. The van der Waals surface area contributed by atoms with E-state index >= 15 is 0 Å². The van der Waals surface area contributed by atoms with Crippen molar-refractivity contribution in [2.45, 2.75) is 52.4 Å². The van der Waals surface area contributed by atoms with Gasteiger partial charge in [0, 0.05) is 0 Å². The molecule has 0 aromatic heterocycles. The summed E-state index contributed by atoms with van der Waals surface area (Å²) in [5.41, 5.74) is 1.74. The SMILES string of the molecule is CCCCCCC/C=C(\C)COC(=O)c1ccccc1. The zero-order valence-electron chi connectivity index (χ0n) is 12.7. The van der Waals surface area contributed by atoms with Crippen LogP contribution >= 0.6 is 0 Å². The van der Waals surface area contributed by atoms with Gasteiger partial charge in [0.05, 0.1) is 5.56 Å². The molecule has 0 saturated heterocycles. The van der Waals surface area contributed by atoms with Crippen molar-refractivity contribution in [1.82, 2.24) is 0 Å². The molecule has 0 aliphatic carbocycles. The first-order valence-electron chi connectivity index (χ1n) is 7.62. The Morgan fingerprint density at radius 1 is 1.10 bits per heavy atom. The molecule has 20 heavy (non-hydrogen) atoms. The molecule has 0 saturated carbocycles. The van der Waals surface area contributed by atoms with Crippen LogP contribution in [0.1, 0.15) is 62.7 Å². The number of rotatable bonds is 9. The minimum atomic E-state index is -0.249. The van der Waals surface area contributed by atoms with Crippen molar-refractivity contribution in [3.05, 3.63) is 47.5 Å². The Kier molecular flexibility index (Phi) is 8.44. The second kappa shape index (κ2) is 10.2. The molecule has 0 fully saturated rings. The molecule has 0 aliphatic heterocycles. The van der Waals surface area contributed by atoms with Gasteiger partial charge in [-0.15, -0.1) is 0 Å². The molecule has 110 valence electrons. The van der Waals surface area contributed by atoms with E-state index in [1.165, 1.54) is 32.1 Å². The standard InChI is InChI=1S/C18H26O2/c1-3-4-5-6-7-9-12-16(2)15-20-18(19)17-13-10-8-11-14-17/h8,10-14H,3-7,9,15H2,1-2H3/b16-12+. The van der Waals surface area contributed by atoms with Crippen molar-refractivity contribution in [1.29, 1.82) is 0 Å². The molecule has 0 radical (unpaired) electrons. The molecule has 2 nitrogen and oxygen atoms in total. The van der Waals surface area contributed by atoms with Crippen molar-refractivity contribution < 1.29 is 9.53 Å².